The van der Waals surface area contributed by atoms with E-state index in [0.717, 1.165) is 24.0 Å². The maximum absolute atomic E-state index is 11.4. The molecule has 1 aromatic carbocycles. The van der Waals surface area contributed by atoms with Gasteiger partial charge in [-0.1, -0.05) is 56.5 Å². The van der Waals surface area contributed by atoms with Crippen molar-refractivity contribution in [3.05, 3.63) is 59.7 Å². The molecule has 2 unspecified atom stereocenters. The number of carboxylic acid groups (broad SMARTS) is 1. The summed E-state index contributed by atoms with van der Waals surface area (Å²) in [5.41, 5.74) is 1.87. The SMILES string of the molecule is CCCCCCc1cnc(C(c2ccccc2)C(Cl)C(=O)O)nc1. The molecule has 2 atom stereocenters. The van der Waals surface area contributed by atoms with Crippen LogP contribution in [-0.2, 0) is 11.2 Å². The van der Waals surface area contributed by atoms with E-state index >= 15 is 0 Å². The van der Waals surface area contributed by atoms with Gasteiger partial charge in [-0.05, 0) is 24.0 Å². The van der Waals surface area contributed by atoms with Crippen molar-refractivity contribution in [2.24, 2.45) is 0 Å². The zero-order valence-electron chi connectivity index (χ0n) is 13.9. The summed E-state index contributed by atoms with van der Waals surface area (Å²) in [6, 6.07) is 9.30. The zero-order valence-corrected chi connectivity index (χ0v) is 14.6. The van der Waals surface area contributed by atoms with Crippen molar-refractivity contribution >= 4 is 17.6 Å². The predicted octanol–water partition coefficient (Wildman–Crippen LogP) is 4.42. The summed E-state index contributed by atoms with van der Waals surface area (Å²) in [5, 5.41) is 8.20. The van der Waals surface area contributed by atoms with E-state index in [1.54, 1.807) is 12.4 Å². The molecule has 1 N–H and O–H groups in total. The van der Waals surface area contributed by atoms with Crippen LogP contribution in [0.25, 0.3) is 0 Å². The van der Waals surface area contributed by atoms with Crippen molar-refractivity contribution in [1.29, 1.82) is 0 Å². The lowest BCUT2D eigenvalue weighted by atomic mass is 9.94. The number of carbonyl (C=O) groups is 1. The van der Waals surface area contributed by atoms with E-state index in [2.05, 4.69) is 16.9 Å². The zero-order chi connectivity index (χ0) is 17.4. The number of halogens is 1. The molecule has 1 heterocycles. The highest BCUT2D eigenvalue weighted by molar-refractivity contribution is 6.30. The molecule has 24 heavy (non-hydrogen) atoms. The molecule has 0 spiro atoms. The molecular formula is C19H23ClN2O2. The number of unbranched alkanes of at least 4 members (excludes halogenated alkanes) is 3. The minimum absolute atomic E-state index is 0.445. The molecule has 2 rings (SSSR count). The van der Waals surface area contributed by atoms with Crippen LogP contribution in [0.4, 0.5) is 0 Å². The predicted molar refractivity (Wildman–Crippen MR) is 95.4 cm³/mol. The number of benzene rings is 1. The van der Waals surface area contributed by atoms with Crippen molar-refractivity contribution in [3.8, 4) is 0 Å². The maximum atomic E-state index is 11.4. The lowest BCUT2D eigenvalue weighted by Gasteiger charge is -2.18. The van der Waals surface area contributed by atoms with E-state index < -0.39 is 17.3 Å². The quantitative estimate of drug-likeness (QED) is 0.539. The fourth-order valence-corrected chi connectivity index (χ4v) is 2.92. The van der Waals surface area contributed by atoms with Crippen LogP contribution in [0.5, 0.6) is 0 Å². The molecule has 5 heteroatoms. The summed E-state index contributed by atoms with van der Waals surface area (Å²) < 4.78 is 0. The summed E-state index contributed by atoms with van der Waals surface area (Å²) in [7, 11) is 0. The van der Waals surface area contributed by atoms with Crippen molar-refractivity contribution in [3.63, 3.8) is 0 Å². The molecule has 0 aliphatic carbocycles. The molecule has 2 aromatic rings. The van der Waals surface area contributed by atoms with Gasteiger partial charge in [0, 0.05) is 12.4 Å². The van der Waals surface area contributed by atoms with Gasteiger partial charge in [0.05, 0.1) is 5.92 Å². The molecule has 0 aliphatic rings. The van der Waals surface area contributed by atoms with Gasteiger partial charge in [0.25, 0.3) is 0 Å². The lowest BCUT2D eigenvalue weighted by molar-refractivity contribution is -0.136. The van der Waals surface area contributed by atoms with E-state index in [1.807, 2.05) is 30.3 Å². The van der Waals surface area contributed by atoms with Crippen LogP contribution in [0.1, 0.15) is 55.5 Å². The third kappa shape index (κ3) is 5.03. The molecule has 1 aromatic heterocycles. The number of aromatic nitrogens is 2. The monoisotopic (exact) mass is 346 g/mol. The normalized spacial score (nSPS) is 13.4. The molecule has 0 fully saturated rings. The standard InChI is InChI=1S/C19H23ClN2O2/c1-2-3-4-6-9-14-12-21-18(22-13-14)16(17(20)19(23)24)15-10-7-5-8-11-15/h5,7-8,10-13,16-17H,2-4,6,9H2,1H3,(H,23,24). The Morgan fingerprint density at radius 1 is 1.12 bits per heavy atom. The van der Waals surface area contributed by atoms with Crippen LogP contribution in [0.15, 0.2) is 42.7 Å². The third-order valence-electron chi connectivity index (χ3n) is 4.01. The second kappa shape index (κ2) is 9.38. The highest BCUT2D eigenvalue weighted by atomic mass is 35.5. The number of aryl methyl sites for hydroxylation is 1. The van der Waals surface area contributed by atoms with Gasteiger partial charge in [0.1, 0.15) is 11.2 Å². The second-order valence-corrected chi connectivity index (χ2v) is 6.36. The summed E-state index contributed by atoms with van der Waals surface area (Å²) in [5.74, 6) is -1.20. The summed E-state index contributed by atoms with van der Waals surface area (Å²) in [6.07, 6.45) is 9.28. The Labute approximate surface area is 147 Å². The van der Waals surface area contributed by atoms with Gasteiger partial charge in [-0.3, -0.25) is 4.79 Å². The molecule has 0 aliphatic heterocycles. The lowest BCUT2D eigenvalue weighted by Crippen LogP contribution is -2.25. The van der Waals surface area contributed by atoms with Gasteiger partial charge in [0.2, 0.25) is 0 Å². The Hall–Kier alpha value is -1.94. The average molecular weight is 347 g/mol. The third-order valence-corrected chi connectivity index (χ3v) is 4.45. The number of alkyl halides is 1. The molecule has 0 saturated carbocycles. The van der Waals surface area contributed by atoms with E-state index in [1.165, 1.54) is 19.3 Å². The number of hydrogen-bond acceptors (Lipinski definition) is 3. The number of hydrogen-bond donors (Lipinski definition) is 1. The Morgan fingerprint density at radius 3 is 2.38 bits per heavy atom. The van der Waals surface area contributed by atoms with Gasteiger partial charge in [0.15, 0.2) is 0 Å². The number of rotatable bonds is 9. The van der Waals surface area contributed by atoms with Crippen LogP contribution in [0.3, 0.4) is 0 Å². The molecule has 0 saturated heterocycles. The average Bonchev–Trinajstić information content (AvgIpc) is 2.61. The van der Waals surface area contributed by atoms with Crippen LogP contribution in [-0.4, -0.2) is 26.4 Å². The van der Waals surface area contributed by atoms with Gasteiger partial charge in [-0.15, -0.1) is 11.6 Å². The van der Waals surface area contributed by atoms with Crippen molar-refractivity contribution in [2.75, 3.05) is 0 Å². The van der Waals surface area contributed by atoms with E-state index in [-0.39, 0.29) is 0 Å². The second-order valence-electron chi connectivity index (χ2n) is 5.89. The van der Waals surface area contributed by atoms with E-state index in [4.69, 9.17) is 11.6 Å². The summed E-state index contributed by atoms with van der Waals surface area (Å²) >= 11 is 6.13. The van der Waals surface area contributed by atoms with Crippen LogP contribution in [0, 0.1) is 0 Å². The first-order chi connectivity index (χ1) is 11.6. The fourth-order valence-electron chi connectivity index (χ4n) is 2.66. The Balaban J connectivity index is 2.16. The number of carboxylic acids is 1. The van der Waals surface area contributed by atoms with Gasteiger partial charge in [-0.2, -0.15) is 0 Å². The van der Waals surface area contributed by atoms with Crippen molar-refractivity contribution in [2.45, 2.75) is 50.3 Å². The molecule has 128 valence electrons. The number of nitrogens with zero attached hydrogens (tertiary/aromatic N) is 2. The first kappa shape index (κ1) is 18.4. The van der Waals surface area contributed by atoms with Gasteiger partial charge in [-0.25, -0.2) is 9.97 Å². The van der Waals surface area contributed by atoms with Gasteiger partial charge < -0.3 is 5.11 Å². The first-order valence-electron chi connectivity index (χ1n) is 8.36. The topological polar surface area (TPSA) is 63.1 Å². The smallest absolute Gasteiger partial charge is 0.322 e. The Kier molecular flexibility index (Phi) is 7.19. The maximum Gasteiger partial charge on any atom is 0.322 e. The highest BCUT2D eigenvalue weighted by Gasteiger charge is 2.31. The number of aliphatic carboxylic acids is 1. The van der Waals surface area contributed by atoms with Crippen LogP contribution in [0.2, 0.25) is 0 Å². The molecule has 0 radical (unpaired) electrons. The molecule has 4 nitrogen and oxygen atoms in total. The largest absolute Gasteiger partial charge is 0.480 e. The van der Waals surface area contributed by atoms with Crippen LogP contribution >= 0.6 is 11.6 Å². The van der Waals surface area contributed by atoms with E-state index in [0.29, 0.717) is 5.82 Å². The Bertz CT molecular complexity index is 632. The summed E-state index contributed by atoms with van der Waals surface area (Å²) in [6.45, 7) is 2.19. The Morgan fingerprint density at radius 2 is 1.79 bits per heavy atom. The molecule has 0 amide bonds. The van der Waals surface area contributed by atoms with Crippen molar-refractivity contribution < 1.29 is 9.90 Å². The highest BCUT2D eigenvalue weighted by Crippen LogP contribution is 2.29. The minimum Gasteiger partial charge on any atom is -0.480 e. The summed E-state index contributed by atoms with van der Waals surface area (Å²) in [4.78, 5) is 20.2. The van der Waals surface area contributed by atoms with Gasteiger partial charge >= 0.3 is 5.97 Å². The first-order valence-corrected chi connectivity index (χ1v) is 8.79. The van der Waals surface area contributed by atoms with Crippen molar-refractivity contribution in [1.82, 2.24) is 9.97 Å². The molecular weight excluding hydrogens is 324 g/mol. The fraction of sp³-hybridized carbons (Fsp3) is 0.421. The van der Waals surface area contributed by atoms with E-state index in [9.17, 15) is 9.90 Å². The van der Waals surface area contributed by atoms with Crippen LogP contribution < -0.4 is 0 Å². The molecule has 0 bridgehead atoms. The minimum atomic E-state index is -1.11.